The van der Waals surface area contributed by atoms with Crippen molar-refractivity contribution in [3.05, 3.63) is 62.0 Å². The van der Waals surface area contributed by atoms with Crippen molar-refractivity contribution in [2.75, 3.05) is 0 Å². The molecule has 0 spiro atoms. The average molecular weight is 407 g/mol. The zero-order chi connectivity index (χ0) is 14.7. The molecule has 0 saturated heterocycles. The third-order valence-electron chi connectivity index (χ3n) is 2.73. The van der Waals surface area contributed by atoms with Crippen molar-refractivity contribution in [2.45, 2.75) is 13.1 Å². The minimum absolute atomic E-state index is 0.130. The predicted octanol–water partition coefficient (Wildman–Crippen LogP) is 4.49. The second-order valence-electron chi connectivity index (χ2n) is 4.25. The van der Waals surface area contributed by atoms with Crippen LogP contribution < -0.4 is 5.32 Å². The van der Waals surface area contributed by atoms with Crippen molar-refractivity contribution in [1.29, 1.82) is 0 Å². The summed E-state index contributed by atoms with van der Waals surface area (Å²) in [6, 6.07) is 6.89. The predicted molar refractivity (Wildman–Crippen MR) is 80.4 cm³/mol. The summed E-state index contributed by atoms with van der Waals surface area (Å²) in [6.07, 6.45) is 0. The molecule has 2 nitrogen and oxygen atoms in total. The minimum atomic E-state index is -0.460. The van der Waals surface area contributed by atoms with Gasteiger partial charge in [0.05, 0.1) is 8.95 Å². The van der Waals surface area contributed by atoms with Crippen molar-refractivity contribution in [3.8, 4) is 5.75 Å². The van der Waals surface area contributed by atoms with E-state index in [0.29, 0.717) is 15.5 Å². The lowest BCUT2D eigenvalue weighted by atomic mass is 10.2. The van der Waals surface area contributed by atoms with Crippen LogP contribution in [0.5, 0.6) is 5.75 Å². The van der Waals surface area contributed by atoms with E-state index < -0.39 is 11.6 Å². The fourth-order valence-electron chi connectivity index (χ4n) is 1.74. The summed E-state index contributed by atoms with van der Waals surface area (Å²) in [5, 5.41) is 12.6. The molecule has 0 amide bonds. The van der Waals surface area contributed by atoms with Gasteiger partial charge in [-0.2, -0.15) is 0 Å². The van der Waals surface area contributed by atoms with Gasteiger partial charge in [0, 0.05) is 18.7 Å². The summed E-state index contributed by atoms with van der Waals surface area (Å²) in [5.41, 5.74) is 1.18. The van der Waals surface area contributed by atoms with Gasteiger partial charge in [-0.3, -0.25) is 0 Å². The quantitative estimate of drug-likeness (QED) is 0.784. The second-order valence-corrected chi connectivity index (χ2v) is 5.96. The Kier molecular flexibility index (Phi) is 5.12. The van der Waals surface area contributed by atoms with Crippen LogP contribution in [0, 0.1) is 11.6 Å². The molecule has 2 rings (SSSR count). The van der Waals surface area contributed by atoms with Crippen molar-refractivity contribution in [3.63, 3.8) is 0 Å². The molecule has 20 heavy (non-hydrogen) atoms. The zero-order valence-corrected chi connectivity index (χ0v) is 13.4. The van der Waals surface area contributed by atoms with Crippen LogP contribution in [0.25, 0.3) is 0 Å². The fraction of sp³-hybridized carbons (Fsp3) is 0.143. The summed E-state index contributed by atoms with van der Waals surface area (Å²) in [4.78, 5) is 0. The van der Waals surface area contributed by atoms with Gasteiger partial charge >= 0.3 is 0 Å². The van der Waals surface area contributed by atoms with E-state index in [2.05, 4.69) is 37.2 Å². The Balaban J connectivity index is 2.01. The molecule has 2 aromatic rings. The first-order valence-electron chi connectivity index (χ1n) is 5.79. The van der Waals surface area contributed by atoms with E-state index in [9.17, 15) is 13.9 Å². The Bertz CT molecular complexity index is 612. The van der Waals surface area contributed by atoms with E-state index in [0.717, 1.165) is 17.7 Å². The highest BCUT2D eigenvalue weighted by Crippen LogP contribution is 2.33. The number of aromatic hydroxyl groups is 1. The molecule has 0 saturated carbocycles. The molecule has 0 heterocycles. The van der Waals surface area contributed by atoms with E-state index in [4.69, 9.17) is 0 Å². The largest absolute Gasteiger partial charge is 0.506 e. The van der Waals surface area contributed by atoms with Crippen LogP contribution in [0.2, 0.25) is 0 Å². The molecule has 0 aliphatic rings. The van der Waals surface area contributed by atoms with Crippen LogP contribution in [0.4, 0.5) is 8.78 Å². The molecule has 0 radical (unpaired) electrons. The number of rotatable bonds is 4. The molecular weight excluding hydrogens is 396 g/mol. The van der Waals surface area contributed by atoms with Gasteiger partial charge in [0.25, 0.3) is 0 Å². The molecule has 0 aromatic heterocycles. The Morgan fingerprint density at radius 1 is 1.00 bits per heavy atom. The van der Waals surface area contributed by atoms with Gasteiger partial charge in [-0.25, -0.2) is 8.78 Å². The number of phenols is 1. The summed E-state index contributed by atoms with van der Waals surface area (Å²) >= 11 is 6.47. The molecule has 106 valence electrons. The Morgan fingerprint density at radius 2 is 1.65 bits per heavy atom. The third kappa shape index (κ3) is 3.77. The fourth-order valence-corrected chi connectivity index (χ4v) is 3.02. The topological polar surface area (TPSA) is 32.3 Å². The maximum atomic E-state index is 13.4. The van der Waals surface area contributed by atoms with E-state index >= 15 is 0 Å². The van der Waals surface area contributed by atoms with E-state index in [1.54, 1.807) is 12.1 Å². The summed E-state index contributed by atoms with van der Waals surface area (Å²) in [7, 11) is 0. The van der Waals surface area contributed by atoms with Crippen LogP contribution >= 0.6 is 31.9 Å². The molecule has 0 aliphatic heterocycles. The van der Waals surface area contributed by atoms with Gasteiger partial charge in [-0.1, -0.05) is 0 Å². The second kappa shape index (κ2) is 6.65. The van der Waals surface area contributed by atoms with E-state index in [-0.39, 0.29) is 17.9 Å². The van der Waals surface area contributed by atoms with Crippen molar-refractivity contribution in [1.82, 2.24) is 5.32 Å². The zero-order valence-electron chi connectivity index (χ0n) is 10.3. The van der Waals surface area contributed by atoms with Crippen molar-refractivity contribution >= 4 is 31.9 Å². The van der Waals surface area contributed by atoms with Crippen LogP contribution in [0.15, 0.2) is 39.3 Å². The number of benzene rings is 2. The SMILES string of the molecule is Oc1c(Br)cc(CNCc2cc(F)ccc2F)cc1Br. The highest BCUT2D eigenvalue weighted by Gasteiger charge is 2.07. The lowest BCUT2D eigenvalue weighted by Crippen LogP contribution is -2.14. The van der Waals surface area contributed by atoms with E-state index in [1.165, 1.54) is 6.07 Å². The number of hydrogen-bond acceptors (Lipinski definition) is 2. The smallest absolute Gasteiger partial charge is 0.143 e. The highest BCUT2D eigenvalue weighted by molar-refractivity contribution is 9.11. The maximum absolute atomic E-state index is 13.4. The molecule has 0 bridgehead atoms. The number of phenolic OH excluding ortho intramolecular Hbond substituents is 1. The molecule has 0 aliphatic carbocycles. The third-order valence-corrected chi connectivity index (χ3v) is 3.94. The minimum Gasteiger partial charge on any atom is -0.506 e. The lowest BCUT2D eigenvalue weighted by molar-refractivity contribution is 0.468. The van der Waals surface area contributed by atoms with Crippen LogP contribution in [0.1, 0.15) is 11.1 Å². The molecule has 0 atom stereocenters. The number of hydrogen-bond donors (Lipinski definition) is 2. The van der Waals surface area contributed by atoms with Crippen molar-refractivity contribution < 1.29 is 13.9 Å². The van der Waals surface area contributed by atoms with Crippen LogP contribution in [0.3, 0.4) is 0 Å². The van der Waals surface area contributed by atoms with Crippen molar-refractivity contribution in [2.24, 2.45) is 0 Å². The lowest BCUT2D eigenvalue weighted by Gasteiger charge is -2.08. The molecule has 0 fully saturated rings. The maximum Gasteiger partial charge on any atom is 0.143 e. The number of nitrogens with one attached hydrogen (secondary N) is 1. The van der Waals surface area contributed by atoms with Gasteiger partial charge in [-0.15, -0.1) is 0 Å². The summed E-state index contributed by atoms with van der Waals surface area (Å²) < 4.78 is 27.6. The standard InChI is InChI=1S/C14H11Br2F2NO/c15-11-3-8(4-12(16)14(11)20)6-19-7-9-5-10(17)1-2-13(9)18/h1-5,19-20H,6-7H2. The molecule has 2 aromatic carbocycles. The monoisotopic (exact) mass is 405 g/mol. The van der Waals surface area contributed by atoms with Gasteiger partial charge in [-0.05, 0) is 67.8 Å². The molecule has 6 heteroatoms. The first-order chi connectivity index (χ1) is 9.47. The summed E-state index contributed by atoms with van der Waals surface area (Å²) in [6.45, 7) is 0.688. The van der Waals surface area contributed by atoms with Crippen LogP contribution in [-0.2, 0) is 13.1 Å². The molecular formula is C14H11Br2F2NO. The van der Waals surface area contributed by atoms with Crippen LogP contribution in [-0.4, -0.2) is 5.11 Å². The Labute approximate surface area is 132 Å². The summed E-state index contributed by atoms with van der Waals surface area (Å²) in [5.74, 6) is -0.768. The van der Waals surface area contributed by atoms with Gasteiger partial charge < -0.3 is 10.4 Å². The van der Waals surface area contributed by atoms with Gasteiger partial charge in [0.2, 0.25) is 0 Å². The average Bonchev–Trinajstić information content (AvgIpc) is 2.40. The molecule has 0 unspecified atom stereocenters. The highest BCUT2D eigenvalue weighted by atomic mass is 79.9. The first kappa shape index (κ1) is 15.4. The number of halogens is 4. The first-order valence-corrected chi connectivity index (χ1v) is 7.37. The Morgan fingerprint density at radius 3 is 2.30 bits per heavy atom. The van der Waals surface area contributed by atoms with Gasteiger partial charge in [0.1, 0.15) is 17.4 Å². The molecule has 2 N–H and O–H groups in total. The Hall–Kier alpha value is -0.980. The van der Waals surface area contributed by atoms with E-state index in [1.807, 2.05) is 0 Å². The van der Waals surface area contributed by atoms with Gasteiger partial charge in [0.15, 0.2) is 0 Å². The normalized spacial score (nSPS) is 10.8.